The Morgan fingerprint density at radius 2 is 1.65 bits per heavy atom. The summed E-state index contributed by atoms with van der Waals surface area (Å²) in [5.74, 6) is 0.746. The number of fused-ring (bicyclic) bond motifs is 1. The number of likely N-dealkylation sites (tertiary alicyclic amines) is 2. The van der Waals surface area contributed by atoms with E-state index in [1.54, 1.807) is 12.1 Å². The van der Waals surface area contributed by atoms with Crippen molar-refractivity contribution in [3.8, 4) is 16.9 Å². The number of anilines is 1. The molecule has 5 N–H and O–H groups in total. The van der Waals surface area contributed by atoms with Gasteiger partial charge in [0.1, 0.15) is 11.9 Å². The summed E-state index contributed by atoms with van der Waals surface area (Å²) in [7, 11) is 0. The summed E-state index contributed by atoms with van der Waals surface area (Å²) >= 11 is 0. The van der Waals surface area contributed by atoms with Crippen molar-refractivity contribution in [3.63, 3.8) is 0 Å². The molecular formula is C40H49N5O6. The van der Waals surface area contributed by atoms with E-state index in [1.807, 2.05) is 59.5 Å². The van der Waals surface area contributed by atoms with Crippen LogP contribution in [0, 0.1) is 5.92 Å². The van der Waals surface area contributed by atoms with E-state index in [9.17, 15) is 24.6 Å². The predicted octanol–water partition coefficient (Wildman–Crippen LogP) is 5.65. The van der Waals surface area contributed by atoms with Gasteiger partial charge in [0.2, 0.25) is 11.5 Å². The number of nitrogens with one attached hydrogen (secondary N) is 3. The Labute approximate surface area is 298 Å². The Morgan fingerprint density at radius 1 is 0.902 bits per heavy atom. The molecule has 6 rings (SSSR count). The number of aromatic nitrogens is 1. The number of ether oxygens (including phenoxy) is 1. The number of aliphatic hydroxyl groups excluding tert-OH is 1. The fraction of sp³-hybridized carbons (Fsp3) is 0.425. The van der Waals surface area contributed by atoms with Crippen LogP contribution in [0.3, 0.4) is 0 Å². The largest absolute Gasteiger partial charge is 0.506 e. The van der Waals surface area contributed by atoms with Crippen molar-refractivity contribution >= 4 is 28.6 Å². The fourth-order valence-corrected chi connectivity index (χ4v) is 7.26. The lowest BCUT2D eigenvalue weighted by atomic mass is 9.92. The summed E-state index contributed by atoms with van der Waals surface area (Å²) in [6.45, 7) is 5.33. The van der Waals surface area contributed by atoms with Gasteiger partial charge in [-0.15, -0.1) is 0 Å². The molecule has 11 heteroatoms. The van der Waals surface area contributed by atoms with Crippen LogP contribution >= 0.6 is 0 Å². The third kappa shape index (κ3) is 9.75. The maximum absolute atomic E-state index is 12.9. The molecule has 2 aliphatic heterocycles. The van der Waals surface area contributed by atoms with Gasteiger partial charge in [-0.05, 0) is 86.9 Å². The summed E-state index contributed by atoms with van der Waals surface area (Å²) in [5, 5.41) is 27.6. The van der Waals surface area contributed by atoms with Gasteiger partial charge in [-0.2, -0.15) is 0 Å². The molecule has 0 unspecified atom stereocenters. The minimum atomic E-state index is -0.825. The predicted molar refractivity (Wildman–Crippen MR) is 199 cm³/mol. The number of carbonyl (C=O) groups excluding carboxylic acids is 2. The number of benzene rings is 3. The van der Waals surface area contributed by atoms with Crippen LogP contribution in [0.2, 0.25) is 0 Å². The molecule has 51 heavy (non-hydrogen) atoms. The topological polar surface area (TPSA) is 147 Å². The molecule has 3 aromatic carbocycles. The molecule has 0 radical (unpaired) electrons. The zero-order chi connectivity index (χ0) is 35.6. The molecule has 1 atom stereocenters. The monoisotopic (exact) mass is 695 g/mol. The van der Waals surface area contributed by atoms with Gasteiger partial charge in [-0.1, -0.05) is 54.6 Å². The van der Waals surface area contributed by atoms with E-state index in [2.05, 4.69) is 20.5 Å². The number of carbonyl (C=O) groups is 2. The molecule has 2 aliphatic rings. The number of rotatable bonds is 13. The van der Waals surface area contributed by atoms with Gasteiger partial charge in [0.05, 0.1) is 17.3 Å². The summed E-state index contributed by atoms with van der Waals surface area (Å²) in [6, 6.07) is 23.9. The maximum Gasteiger partial charge on any atom is 0.411 e. The molecule has 11 nitrogen and oxygen atoms in total. The van der Waals surface area contributed by atoms with E-state index >= 15 is 0 Å². The van der Waals surface area contributed by atoms with Gasteiger partial charge in [0.25, 0.3) is 0 Å². The molecular weight excluding hydrogens is 646 g/mol. The van der Waals surface area contributed by atoms with E-state index < -0.39 is 12.2 Å². The first-order valence-electron chi connectivity index (χ1n) is 18.2. The number of pyridine rings is 1. The molecule has 3 heterocycles. The Kier molecular flexibility index (Phi) is 12.4. The highest BCUT2D eigenvalue weighted by Crippen LogP contribution is 2.30. The zero-order valence-corrected chi connectivity index (χ0v) is 29.1. The van der Waals surface area contributed by atoms with Crippen LogP contribution in [0.25, 0.3) is 22.0 Å². The summed E-state index contributed by atoms with van der Waals surface area (Å²) in [4.78, 5) is 44.4. The standard InChI is InChI=1S/C40H49N5O6/c46-35-14-12-32(33-13-15-37(48)43-39(33)35)36(47)27-41-21-6-11-38(49)45-25-17-28(18-26-45)16-22-44-23-19-30(20-24-44)51-40(50)42-34-10-5-4-9-31(34)29-7-2-1-3-8-29/h1-5,7-10,12-15,28,30,36,41,46-47H,6,11,16-27H2,(H,42,50)(H,43,48)/t36-/m0/s1. The summed E-state index contributed by atoms with van der Waals surface area (Å²) < 4.78 is 5.81. The molecule has 0 spiro atoms. The normalized spacial score (nSPS) is 16.6. The van der Waals surface area contributed by atoms with Crippen LogP contribution in [0.1, 0.15) is 56.6 Å². The second kappa shape index (κ2) is 17.5. The van der Waals surface area contributed by atoms with Crippen molar-refractivity contribution in [1.82, 2.24) is 20.1 Å². The molecule has 4 aromatic rings. The van der Waals surface area contributed by atoms with E-state index in [4.69, 9.17) is 4.74 Å². The first-order chi connectivity index (χ1) is 24.8. The summed E-state index contributed by atoms with van der Waals surface area (Å²) in [6.07, 6.45) is 4.62. The number of H-pyrrole nitrogens is 1. The van der Waals surface area contributed by atoms with E-state index in [0.29, 0.717) is 48.3 Å². The highest BCUT2D eigenvalue weighted by molar-refractivity contribution is 5.91. The maximum atomic E-state index is 12.9. The SMILES string of the molecule is O=C(Nc1ccccc1-c1ccccc1)OC1CCN(CCC2CCN(C(=O)CCCNC[C@H](O)c3ccc(O)c4[nH]c(=O)ccc34)CC2)CC1. The average molecular weight is 696 g/mol. The number of aliphatic hydroxyl groups is 1. The number of phenols is 1. The average Bonchev–Trinajstić information content (AvgIpc) is 3.15. The lowest BCUT2D eigenvalue weighted by Gasteiger charge is -2.35. The van der Waals surface area contributed by atoms with E-state index in [-0.39, 0.29) is 23.3 Å². The second-order valence-electron chi connectivity index (χ2n) is 13.7. The first-order valence-corrected chi connectivity index (χ1v) is 18.2. The molecule has 0 bridgehead atoms. The minimum Gasteiger partial charge on any atom is -0.506 e. The van der Waals surface area contributed by atoms with Crippen molar-refractivity contribution in [3.05, 3.63) is 94.8 Å². The number of piperidine rings is 2. The summed E-state index contributed by atoms with van der Waals surface area (Å²) in [5.41, 5.74) is 3.35. The quantitative estimate of drug-likeness (QED) is 0.113. The van der Waals surface area contributed by atoms with E-state index in [0.717, 1.165) is 81.6 Å². The Morgan fingerprint density at radius 3 is 2.43 bits per heavy atom. The number of nitrogens with zero attached hydrogens (tertiary/aromatic N) is 2. The van der Waals surface area contributed by atoms with E-state index in [1.165, 1.54) is 12.1 Å². The fourth-order valence-electron chi connectivity index (χ4n) is 7.26. The van der Waals surface area contributed by atoms with Gasteiger partial charge in [0.15, 0.2) is 0 Å². The number of para-hydroxylation sites is 1. The van der Waals surface area contributed by atoms with Crippen molar-refractivity contribution in [1.29, 1.82) is 0 Å². The van der Waals surface area contributed by atoms with Crippen LogP contribution in [0.15, 0.2) is 83.7 Å². The van der Waals surface area contributed by atoms with Crippen molar-refractivity contribution in [2.24, 2.45) is 5.92 Å². The van der Waals surface area contributed by atoms with Crippen molar-refractivity contribution in [2.75, 3.05) is 51.1 Å². The number of hydrogen-bond acceptors (Lipinski definition) is 8. The van der Waals surface area contributed by atoms with Gasteiger partial charge in [-0.25, -0.2) is 4.79 Å². The van der Waals surface area contributed by atoms with Crippen molar-refractivity contribution < 1.29 is 24.5 Å². The highest BCUT2D eigenvalue weighted by Gasteiger charge is 2.26. The first kappa shape index (κ1) is 36.1. The Bertz CT molecular complexity index is 1820. The molecule has 0 aliphatic carbocycles. The van der Waals surface area contributed by atoms with Gasteiger partial charge in [0, 0.05) is 56.2 Å². The lowest BCUT2D eigenvalue weighted by Crippen LogP contribution is -2.41. The number of hydrogen-bond donors (Lipinski definition) is 5. The third-order valence-electron chi connectivity index (χ3n) is 10.2. The van der Waals surface area contributed by atoms with Crippen LogP contribution in [0.4, 0.5) is 10.5 Å². The van der Waals surface area contributed by atoms with Gasteiger partial charge in [-0.3, -0.25) is 14.9 Å². The second-order valence-corrected chi connectivity index (χ2v) is 13.7. The molecule has 2 fully saturated rings. The number of phenolic OH excluding ortho intramolecular Hbond substituents is 1. The molecule has 0 saturated carbocycles. The number of amides is 2. The van der Waals surface area contributed by atoms with Gasteiger partial charge >= 0.3 is 6.09 Å². The lowest BCUT2D eigenvalue weighted by molar-refractivity contribution is -0.132. The molecule has 270 valence electrons. The van der Waals surface area contributed by atoms with Crippen LogP contribution < -0.4 is 16.2 Å². The Hall–Kier alpha value is -4.71. The number of aromatic hydroxyl groups is 1. The molecule has 2 saturated heterocycles. The minimum absolute atomic E-state index is 0.0400. The van der Waals surface area contributed by atoms with Crippen LogP contribution in [-0.2, 0) is 9.53 Å². The molecule has 1 aromatic heterocycles. The Balaban J connectivity index is 0.828. The molecule has 2 amide bonds. The highest BCUT2D eigenvalue weighted by atomic mass is 16.6. The number of aromatic amines is 1. The van der Waals surface area contributed by atoms with Crippen LogP contribution in [-0.4, -0.2) is 88.9 Å². The van der Waals surface area contributed by atoms with Crippen molar-refractivity contribution in [2.45, 2.75) is 57.2 Å². The third-order valence-corrected chi connectivity index (χ3v) is 10.2. The zero-order valence-electron chi connectivity index (χ0n) is 29.1. The van der Waals surface area contributed by atoms with Crippen LogP contribution in [0.5, 0.6) is 5.75 Å². The smallest absolute Gasteiger partial charge is 0.411 e. The van der Waals surface area contributed by atoms with Gasteiger partial charge < -0.3 is 35.1 Å².